The summed E-state index contributed by atoms with van der Waals surface area (Å²) in [6.45, 7) is 1.52. The van der Waals surface area contributed by atoms with Crippen molar-refractivity contribution in [1.82, 2.24) is 24.4 Å². The van der Waals surface area contributed by atoms with Crippen LogP contribution in [0, 0.1) is 0 Å². The molecule has 26 heavy (non-hydrogen) atoms. The summed E-state index contributed by atoms with van der Waals surface area (Å²) in [6, 6.07) is 9.91. The van der Waals surface area contributed by atoms with Gasteiger partial charge in [-0.2, -0.15) is 0 Å². The van der Waals surface area contributed by atoms with Crippen molar-refractivity contribution in [2.24, 2.45) is 0 Å². The number of aromatic nitrogens is 4. The maximum atomic E-state index is 12.7. The van der Waals surface area contributed by atoms with E-state index in [0.717, 1.165) is 36.5 Å². The van der Waals surface area contributed by atoms with Crippen molar-refractivity contribution >= 4 is 5.91 Å². The molecule has 0 bridgehead atoms. The third kappa shape index (κ3) is 3.64. The van der Waals surface area contributed by atoms with E-state index in [4.69, 9.17) is 4.98 Å². The van der Waals surface area contributed by atoms with Crippen molar-refractivity contribution in [3.8, 4) is 5.82 Å². The van der Waals surface area contributed by atoms with Crippen molar-refractivity contribution in [2.45, 2.75) is 25.2 Å². The molecule has 0 N–H and O–H groups in total. The number of hydrogen-bond acceptors (Lipinski definition) is 4. The van der Waals surface area contributed by atoms with Gasteiger partial charge in [0.2, 0.25) is 5.91 Å². The number of benzene rings is 1. The molecule has 0 unspecified atom stereocenters. The molecular weight excluding hydrogens is 326 g/mol. The Hall–Kier alpha value is -3.02. The number of amides is 1. The fraction of sp³-hybridized carbons (Fsp3) is 0.300. The largest absolute Gasteiger partial charge is 0.342 e. The summed E-state index contributed by atoms with van der Waals surface area (Å²) in [6.07, 6.45) is 11.3. The predicted octanol–water partition coefficient (Wildman–Crippen LogP) is 2.61. The van der Waals surface area contributed by atoms with E-state index >= 15 is 0 Å². The zero-order chi connectivity index (χ0) is 17.8. The lowest BCUT2D eigenvalue weighted by Gasteiger charge is -2.32. The molecule has 1 aliphatic rings. The highest BCUT2D eigenvalue weighted by Gasteiger charge is 2.26. The monoisotopic (exact) mass is 347 g/mol. The summed E-state index contributed by atoms with van der Waals surface area (Å²) < 4.78 is 1.84. The molecule has 6 heteroatoms. The standard InChI is InChI=1S/C20H21N5O/c26-20(11-16-5-2-1-3-6-16)24-9-4-7-17(14-24)18-12-22-13-19(23-18)25-10-8-21-15-25/h1-3,5-6,8,10,12-13,15,17H,4,7,9,11,14H2/t17-/m0/s1. The molecule has 1 amide bonds. The van der Waals surface area contributed by atoms with Crippen molar-refractivity contribution in [2.75, 3.05) is 13.1 Å². The summed E-state index contributed by atoms with van der Waals surface area (Å²) in [7, 11) is 0. The second kappa shape index (κ2) is 7.47. The Morgan fingerprint density at radius 2 is 2.04 bits per heavy atom. The number of nitrogens with zero attached hydrogens (tertiary/aromatic N) is 5. The van der Waals surface area contributed by atoms with E-state index in [1.54, 1.807) is 18.7 Å². The summed E-state index contributed by atoms with van der Waals surface area (Å²) in [4.78, 5) is 27.8. The van der Waals surface area contributed by atoms with Crippen LogP contribution in [0.1, 0.15) is 30.0 Å². The average molecular weight is 347 g/mol. The molecule has 3 aromatic rings. The Kier molecular flexibility index (Phi) is 4.73. The van der Waals surface area contributed by atoms with E-state index in [2.05, 4.69) is 9.97 Å². The van der Waals surface area contributed by atoms with Gasteiger partial charge in [0.1, 0.15) is 6.33 Å². The Morgan fingerprint density at radius 3 is 2.85 bits per heavy atom. The molecule has 1 saturated heterocycles. The first-order chi connectivity index (χ1) is 12.8. The van der Waals surface area contributed by atoms with Gasteiger partial charge < -0.3 is 4.90 Å². The minimum absolute atomic E-state index is 0.180. The summed E-state index contributed by atoms with van der Waals surface area (Å²) in [5.41, 5.74) is 2.00. The Balaban J connectivity index is 1.47. The molecule has 4 rings (SSSR count). The van der Waals surface area contributed by atoms with Crippen LogP contribution in [0.3, 0.4) is 0 Å². The first-order valence-corrected chi connectivity index (χ1v) is 8.91. The molecule has 0 spiro atoms. The first kappa shape index (κ1) is 16.4. The summed E-state index contributed by atoms with van der Waals surface area (Å²) >= 11 is 0. The SMILES string of the molecule is O=C(Cc1ccccc1)N1CCC[C@H](c2cncc(-n3ccnc3)n2)C1. The predicted molar refractivity (Wildman–Crippen MR) is 97.9 cm³/mol. The Labute approximate surface area is 152 Å². The van der Waals surface area contributed by atoms with Gasteiger partial charge in [-0.15, -0.1) is 0 Å². The van der Waals surface area contributed by atoms with Gasteiger partial charge in [0.15, 0.2) is 5.82 Å². The van der Waals surface area contributed by atoms with Crippen LogP contribution in [-0.4, -0.2) is 43.4 Å². The second-order valence-corrected chi connectivity index (χ2v) is 6.61. The van der Waals surface area contributed by atoms with Crippen LogP contribution >= 0.6 is 0 Å². The smallest absolute Gasteiger partial charge is 0.227 e. The highest BCUT2D eigenvalue weighted by Crippen LogP contribution is 2.26. The van der Waals surface area contributed by atoms with E-state index < -0.39 is 0 Å². The lowest BCUT2D eigenvalue weighted by molar-refractivity contribution is -0.131. The number of carbonyl (C=O) groups excluding carboxylic acids is 1. The lowest BCUT2D eigenvalue weighted by Crippen LogP contribution is -2.40. The fourth-order valence-corrected chi connectivity index (χ4v) is 3.41. The van der Waals surface area contributed by atoms with E-state index in [9.17, 15) is 4.79 Å². The highest BCUT2D eigenvalue weighted by molar-refractivity contribution is 5.79. The van der Waals surface area contributed by atoms with Crippen molar-refractivity contribution in [1.29, 1.82) is 0 Å². The van der Waals surface area contributed by atoms with Gasteiger partial charge in [-0.05, 0) is 18.4 Å². The maximum Gasteiger partial charge on any atom is 0.227 e. The molecule has 6 nitrogen and oxygen atoms in total. The van der Waals surface area contributed by atoms with Crippen LogP contribution in [0.5, 0.6) is 0 Å². The molecule has 2 aromatic heterocycles. The normalized spacial score (nSPS) is 17.2. The molecule has 132 valence electrons. The molecule has 0 aliphatic carbocycles. The summed E-state index contributed by atoms with van der Waals surface area (Å²) in [5, 5.41) is 0. The van der Waals surface area contributed by atoms with Gasteiger partial charge in [-0.1, -0.05) is 30.3 Å². The van der Waals surface area contributed by atoms with E-state index in [0.29, 0.717) is 13.0 Å². The van der Waals surface area contributed by atoms with Gasteiger partial charge in [0, 0.05) is 37.6 Å². The number of likely N-dealkylation sites (tertiary alicyclic amines) is 1. The van der Waals surface area contributed by atoms with Crippen LogP contribution in [0.2, 0.25) is 0 Å². The molecule has 3 heterocycles. The van der Waals surface area contributed by atoms with Gasteiger partial charge >= 0.3 is 0 Å². The zero-order valence-corrected chi connectivity index (χ0v) is 14.5. The molecule has 1 aromatic carbocycles. The second-order valence-electron chi connectivity index (χ2n) is 6.61. The van der Waals surface area contributed by atoms with Gasteiger partial charge in [0.05, 0.1) is 18.3 Å². The van der Waals surface area contributed by atoms with E-state index in [1.165, 1.54) is 0 Å². The highest BCUT2D eigenvalue weighted by atomic mass is 16.2. The average Bonchev–Trinajstić information content (AvgIpc) is 3.24. The molecule has 0 saturated carbocycles. The van der Waals surface area contributed by atoms with Gasteiger partial charge in [0.25, 0.3) is 0 Å². The van der Waals surface area contributed by atoms with Crippen LogP contribution in [-0.2, 0) is 11.2 Å². The minimum atomic E-state index is 0.180. The van der Waals surface area contributed by atoms with E-state index in [-0.39, 0.29) is 11.8 Å². The number of hydrogen-bond donors (Lipinski definition) is 0. The number of carbonyl (C=O) groups is 1. The molecule has 1 fully saturated rings. The minimum Gasteiger partial charge on any atom is -0.342 e. The third-order valence-corrected chi connectivity index (χ3v) is 4.80. The fourth-order valence-electron chi connectivity index (χ4n) is 3.41. The first-order valence-electron chi connectivity index (χ1n) is 8.91. The van der Waals surface area contributed by atoms with Crippen LogP contribution in [0.4, 0.5) is 0 Å². The van der Waals surface area contributed by atoms with Crippen LogP contribution < -0.4 is 0 Å². The quantitative estimate of drug-likeness (QED) is 0.728. The van der Waals surface area contributed by atoms with Crippen molar-refractivity contribution in [3.63, 3.8) is 0 Å². The Bertz CT molecular complexity index is 863. The number of rotatable bonds is 4. The topological polar surface area (TPSA) is 63.9 Å². The number of imidazole rings is 1. The molecule has 1 atom stereocenters. The number of piperidine rings is 1. The molecular formula is C20H21N5O. The summed E-state index contributed by atoms with van der Waals surface area (Å²) in [5.74, 6) is 1.16. The zero-order valence-electron chi connectivity index (χ0n) is 14.5. The third-order valence-electron chi connectivity index (χ3n) is 4.80. The van der Waals surface area contributed by atoms with Crippen LogP contribution in [0.15, 0.2) is 61.4 Å². The van der Waals surface area contributed by atoms with Gasteiger partial charge in [-0.25, -0.2) is 9.97 Å². The van der Waals surface area contributed by atoms with Crippen LogP contribution in [0.25, 0.3) is 5.82 Å². The lowest BCUT2D eigenvalue weighted by atomic mass is 9.94. The molecule has 0 radical (unpaired) electrons. The van der Waals surface area contributed by atoms with Crippen molar-refractivity contribution in [3.05, 3.63) is 72.7 Å². The maximum absolute atomic E-state index is 12.7. The Morgan fingerprint density at radius 1 is 1.15 bits per heavy atom. The molecule has 1 aliphatic heterocycles. The van der Waals surface area contributed by atoms with E-state index in [1.807, 2.05) is 52.2 Å². The van der Waals surface area contributed by atoms with Crippen molar-refractivity contribution < 1.29 is 4.79 Å². The van der Waals surface area contributed by atoms with Gasteiger partial charge in [-0.3, -0.25) is 14.3 Å².